The fraction of sp³-hybridized carbons (Fsp3) is 0.242. The van der Waals surface area contributed by atoms with Gasteiger partial charge in [-0.05, 0) is 120 Å². The molecule has 1 atom stereocenters. The topological polar surface area (TPSA) is 88.4 Å². The number of nitrogens with zero attached hydrogens (tertiary/aromatic N) is 2. The van der Waals surface area contributed by atoms with Crippen molar-refractivity contribution in [3.8, 4) is 17.2 Å². The summed E-state index contributed by atoms with van der Waals surface area (Å²) in [4.78, 5) is 32.7. The van der Waals surface area contributed by atoms with Crippen molar-refractivity contribution in [2.75, 3.05) is 20.3 Å². The van der Waals surface area contributed by atoms with Crippen LogP contribution < -0.4 is 29.1 Å². The summed E-state index contributed by atoms with van der Waals surface area (Å²) in [5.74, 6) is 1.16. The molecule has 1 aliphatic rings. The van der Waals surface area contributed by atoms with Crippen LogP contribution in [-0.2, 0) is 16.1 Å². The molecule has 5 rings (SSSR count). The molecule has 14 heteroatoms. The Bertz CT molecular complexity index is 2080. The Hall–Kier alpha value is -2.11. The molecule has 246 valence electrons. The zero-order valence-electron chi connectivity index (χ0n) is 25.5. The van der Waals surface area contributed by atoms with E-state index in [0.29, 0.717) is 59.0 Å². The van der Waals surface area contributed by atoms with E-state index in [1.165, 1.54) is 11.3 Å². The maximum absolute atomic E-state index is 14.2. The van der Waals surface area contributed by atoms with Crippen LogP contribution >= 0.6 is 95.7 Å². The second-order valence-corrected chi connectivity index (χ2v) is 15.1. The molecule has 0 N–H and O–H groups in total. The number of esters is 1. The van der Waals surface area contributed by atoms with Gasteiger partial charge in [0.05, 0.1) is 49.3 Å². The van der Waals surface area contributed by atoms with Crippen LogP contribution in [0, 0.1) is 7.14 Å². The molecular weight excluding hydrogens is 957 g/mol. The standard InChI is InChI=1S/C33H27BrCl2I2N2O6S/c1-5-44-26-14-21(34)20(13-25(26)43-4)29-28(32(42)45-6-2)16(3)39-33-40(29)31(41)27(47-33)11-17-9-23(37)30(24(38)10-17)46-15-18-7-8-19(35)12-22(18)36/h7-14,29H,5-6,15H2,1-4H3/b27-11+/t29-/m1/s1. The largest absolute Gasteiger partial charge is 0.493 e. The number of carbonyl (C=O) groups excluding carboxylic acids is 1. The molecule has 0 saturated carbocycles. The van der Waals surface area contributed by atoms with E-state index in [2.05, 4.69) is 61.1 Å². The van der Waals surface area contributed by atoms with E-state index in [1.54, 1.807) is 49.8 Å². The summed E-state index contributed by atoms with van der Waals surface area (Å²) in [6.45, 7) is 6.24. The van der Waals surface area contributed by atoms with Crippen LogP contribution in [0.1, 0.15) is 43.5 Å². The molecular formula is C33H27BrCl2I2N2O6S. The molecule has 0 unspecified atom stereocenters. The molecule has 47 heavy (non-hydrogen) atoms. The highest BCUT2D eigenvalue weighted by Crippen LogP contribution is 2.41. The van der Waals surface area contributed by atoms with Crippen molar-refractivity contribution >= 4 is 108 Å². The SMILES string of the molecule is CCOC(=O)C1=C(C)N=c2s/c(=C/c3cc(I)c(OCc4ccc(Cl)cc4Cl)c(I)c3)c(=O)n2[C@@H]1c1cc(OC)c(OCC)cc1Br. The summed E-state index contributed by atoms with van der Waals surface area (Å²) in [7, 11) is 1.54. The molecule has 3 aromatic carbocycles. The van der Waals surface area contributed by atoms with E-state index in [-0.39, 0.29) is 24.3 Å². The maximum atomic E-state index is 14.2. The average Bonchev–Trinajstić information content (AvgIpc) is 3.31. The summed E-state index contributed by atoms with van der Waals surface area (Å²) in [6.07, 6.45) is 1.82. The summed E-state index contributed by atoms with van der Waals surface area (Å²) in [5, 5.41) is 1.09. The molecule has 0 bridgehead atoms. The fourth-order valence-corrected chi connectivity index (χ4v) is 9.19. The van der Waals surface area contributed by atoms with Gasteiger partial charge < -0.3 is 18.9 Å². The van der Waals surface area contributed by atoms with Crippen LogP contribution in [0.3, 0.4) is 0 Å². The minimum Gasteiger partial charge on any atom is -0.493 e. The highest BCUT2D eigenvalue weighted by molar-refractivity contribution is 14.1. The number of hydrogen-bond acceptors (Lipinski definition) is 8. The van der Waals surface area contributed by atoms with Gasteiger partial charge in [0.2, 0.25) is 0 Å². The molecule has 0 spiro atoms. The Kier molecular flexibility index (Phi) is 12.0. The third-order valence-electron chi connectivity index (χ3n) is 7.10. The molecule has 8 nitrogen and oxygen atoms in total. The van der Waals surface area contributed by atoms with Gasteiger partial charge in [-0.1, -0.05) is 56.5 Å². The lowest BCUT2D eigenvalue weighted by atomic mass is 9.95. The lowest BCUT2D eigenvalue weighted by Crippen LogP contribution is -2.40. The number of ether oxygens (including phenoxy) is 4. The van der Waals surface area contributed by atoms with Crippen molar-refractivity contribution in [1.29, 1.82) is 0 Å². The summed E-state index contributed by atoms with van der Waals surface area (Å²) in [6, 6.07) is 11.9. The molecule has 0 fully saturated rings. The average molecular weight is 984 g/mol. The fourth-order valence-electron chi connectivity index (χ4n) is 5.01. The number of thiazole rings is 1. The number of fused-ring (bicyclic) bond motifs is 1. The molecule has 0 aliphatic carbocycles. The Morgan fingerprint density at radius 3 is 2.43 bits per heavy atom. The first-order valence-electron chi connectivity index (χ1n) is 14.2. The molecule has 0 saturated heterocycles. The van der Waals surface area contributed by atoms with Crippen molar-refractivity contribution in [3.05, 3.63) is 112 Å². The first-order valence-corrected chi connectivity index (χ1v) is 18.7. The van der Waals surface area contributed by atoms with Crippen LogP contribution in [-0.4, -0.2) is 30.9 Å². The molecule has 2 heterocycles. The predicted octanol–water partition coefficient (Wildman–Crippen LogP) is 8.06. The summed E-state index contributed by atoms with van der Waals surface area (Å²) >= 11 is 21.7. The molecule has 0 radical (unpaired) electrons. The predicted molar refractivity (Wildman–Crippen MR) is 205 cm³/mol. The van der Waals surface area contributed by atoms with Crippen LogP contribution in [0.25, 0.3) is 6.08 Å². The zero-order valence-corrected chi connectivity index (χ0v) is 33.7. The minimum atomic E-state index is -0.831. The van der Waals surface area contributed by atoms with E-state index in [1.807, 2.05) is 31.2 Å². The van der Waals surface area contributed by atoms with Crippen molar-refractivity contribution in [2.24, 2.45) is 4.99 Å². The van der Waals surface area contributed by atoms with E-state index < -0.39 is 12.0 Å². The first kappa shape index (κ1) is 36.2. The van der Waals surface area contributed by atoms with E-state index in [4.69, 9.17) is 47.1 Å². The van der Waals surface area contributed by atoms with Gasteiger partial charge >= 0.3 is 5.97 Å². The Balaban J connectivity index is 1.60. The van der Waals surface area contributed by atoms with Gasteiger partial charge in [-0.2, -0.15) is 0 Å². The van der Waals surface area contributed by atoms with Crippen LogP contribution in [0.2, 0.25) is 10.0 Å². The van der Waals surface area contributed by atoms with Crippen molar-refractivity contribution in [2.45, 2.75) is 33.4 Å². The number of allylic oxidation sites excluding steroid dienone is 1. The van der Waals surface area contributed by atoms with Gasteiger partial charge in [0.25, 0.3) is 5.56 Å². The third-order valence-corrected chi connectivity index (χ3v) is 11.0. The summed E-state index contributed by atoms with van der Waals surface area (Å²) < 4.78 is 27.3. The van der Waals surface area contributed by atoms with E-state index in [9.17, 15) is 9.59 Å². The van der Waals surface area contributed by atoms with E-state index in [0.717, 1.165) is 18.3 Å². The lowest BCUT2D eigenvalue weighted by Gasteiger charge is -2.26. The molecule has 1 aliphatic heterocycles. The lowest BCUT2D eigenvalue weighted by molar-refractivity contribution is -0.139. The van der Waals surface area contributed by atoms with Crippen LogP contribution in [0.15, 0.2) is 68.0 Å². The Morgan fingerprint density at radius 2 is 1.79 bits per heavy atom. The number of carbonyl (C=O) groups is 1. The second-order valence-electron chi connectivity index (χ2n) is 10.1. The van der Waals surface area contributed by atoms with Crippen LogP contribution in [0.5, 0.6) is 17.2 Å². The van der Waals surface area contributed by atoms with Crippen molar-refractivity contribution in [1.82, 2.24) is 4.57 Å². The van der Waals surface area contributed by atoms with Gasteiger partial charge in [-0.25, -0.2) is 9.79 Å². The number of benzene rings is 3. The second kappa shape index (κ2) is 15.6. The third kappa shape index (κ3) is 7.72. The number of methoxy groups -OCH3 is 1. The Morgan fingerprint density at radius 1 is 1.06 bits per heavy atom. The van der Waals surface area contributed by atoms with Crippen LogP contribution in [0.4, 0.5) is 0 Å². The van der Waals surface area contributed by atoms with Gasteiger partial charge in [-0.15, -0.1) is 0 Å². The number of hydrogen-bond donors (Lipinski definition) is 0. The number of rotatable bonds is 10. The smallest absolute Gasteiger partial charge is 0.338 e. The number of halogens is 5. The van der Waals surface area contributed by atoms with Crippen molar-refractivity contribution in [3.63, 3.8) is 0 Å². The number of aromatic nitrogens is 1. The van der Waals surface area contributed by atoms with Crippen molar-refractivity contribution < 1.29 is 23.7 Å². The van der Waals surface area contributed by atoms with Gasteiger partial charge in [0, 0.05) is 20.1 Å². The Labute approximate surface area is 320 Å². The summed E-state index contributed by atoms with van der Waals surface area (Å²) in [5.41, 5.74) is 2.69. The molecule has 1 aromatic heterocycles. The maximum Gasteiger partial charge on any atom is 0.338 e. The normalized spacial score (nSPS) is 14.5. The quantitative estimate of drug-likeness (QED) is 0.118. The zero-order chi connectivity index (χ0) is 34.0. The first-order chi connectivity index (χ1) is 22.5. The molecule has 4 aromatic rings. The van der Waals surface area contributed by atoms with E-state index >= 15 is 0 Å². The monoisotopic (exact) mass is 982 g/mol. The minimum absolute atomic E-state index is 0.171. The van der Waals surface area contributed by atoms with Gasteiger partial charge in [0.1, 0.15) is 12.4 Å². The highest BCUT2D eigenvalue weighted by atomic mass is 127. The van der Waals surface area contributed by atoms with Gasteiger partial charge in [0.15, 0.2) is 16.3 Å². The van der Waals surface area contributed by atoms with Gasteiger partial charge in [-0.3, -0.25) is 9.36 Å². The molecule has 0 amide bonds. The highest BCUT2D eigenvalue weighted by Gasteiger charge is 2.35.